The normalized spacial score (nSPS) is 19.2. The van der Waals surface area contributed by atoms with Gasteiger partial charge in [0.1, 0.15) is 5.54 Å². The first-order chi connectivity index (χ1) is 12.5. The molecule has 0 bridgehead atoms. The van der Waals surface area contributed by atoms with E-state index >= 15 is 0 Å². The van der Waals surface area contributed by atoms with Gasteiger partial charge in [-0.05, 0) is 57.5 Å². The van der Waals surface area contributed by atoms with Crippen molar-refractivity contribution in [3.05, 3.63) is 47.3 Å². The van der Waals surface area contributed by atoms with E-state index in [-0.39, 0.29) is 18.5 Å². The molecule has 3 amide bonds. The first-order valence-electron chi connectivity index (χ1n) is 8.96. The van der Waals surface area contributed by atoms with Crippen LogP contribution in [-0.2, 0) is 11.3 Å². The number of para-hydroxylation sites is 1. The predicted octanol–water partition coefficient (Wildman–Crippen LogP) is 1.66. The molecule has 2 aliphatic heterocycles. The molecule has 1 spiro atoms. The first kappa shape index (κ1) is 16.8. The number of urea groups is 1. The summed E-state index contributed by atoms with van der Waals surface area (Å²) in [7, 11) is 0. The Morgan fingerprint density at radius 3 is 2.58 bits per heavy atom. The van der Waals surface area contributed by atoms with Gasteiger partial charge >= 0.3 is 6.03 Å². The molecule has 0 aliphatic carbocycles. The topological polar surface area (TPSA) is 79.3 Å². The number of carbonyl (C=O) groups excluding carboxylic acids is 2. The second kappa shape index (κ2) is 6.25. The van der Waals surface area contributed by atoms with Crippen molar-refractivity contribution < 1.29 is 9.59 Å². The molecule has 0 radical (unpaired) electrons. The maximum absolute atomic E-state index is 13.0. The molecule has 7 heteroatoms. The van der Waals surface area contributed by atoms with E-state index < -0.39 is 5.54 Å². The SMILES string of the molecule is Cc1cc(C)n(-c2ccccc2CN2C(=O)NC3(CCNCC3)C2=O)n1. The van der Waals surface area contributed by atoms with Crippen molar-refractivity contribution in [2.75, 3.05) is 13.1 Å². The third-order valence-electron chi connectivity index (χ3n) is 5.26. The monoisotopic (exact) mass is 353 g/mol. The molecular weight excluding hydrogens is 330 g/mol. The van der Waals surface area contributed by atoms with E-state index in [0.29, 0.717) is 12.8 Å². The lowest BCUT2D eigenvalue weighted by Crippen LogP contribution is -2.53. The van der Waals surface area contributed by atoms with Gasteiger partial charge in [0.05, 0.1) is 17.9 Å². The van der Waals surface area contributed by atoms with Crippen molar-refractivity contribution in [1.82, 2.24) is 25.3 Å². The highest BCUT2D eigenvalue weighted by atomic mass is 16.2. The van der Waals surface area contributed by atoms with Crippen LogP contribution in [0, 0.1) is 13.8 Å². The van der Waals surface area contributed by atoms with Crippen LogP contribution in [0.15, 0.2) is 30.3 Å². The number of nitrogens with one attached hydrogen (secondary N) is 2. The number of hydrogen-bond donors (Lipinski definition) is 2. The van der Waals surface area contributed by atoms with Crippen LogP contribution in [-0.4, -0.2) is 45.2 Å². The Bertz CT molecular complexity index is 867. The van der Waals surface area contributed by atoms with Crippen LogP contribution in [0.25, 0.3) is 5.69 Å². The Kier molecular flexibility index (Phi) is 4.03. The van der Waals surface area contributed by atoms with Gasteiger partial charge in [0.15, 0.2) is 0 Å². The summed E-state index contributed by atoms with van der Waals surface area (Å²) in [6.45, 7) is 5.66. The zero-order valence-corrected chi connectivity index (χ0v) is 15.1. The number of aromatic nitrogens is 2. The molecule has 2 aliphatic rings. The largest absolute Gasteiger partial charge is 0.325 e. The van der Waals surface area contributed by atoms with Gasteiger partial charge in [-0.3, -0.25) is 9.69 Å². The van der Waals surface area contributed by atoms with Gasteiger partial charge in [-0.1, -0.05) is 18.2 Å². The molecule has 0 saturated carbocycles. The lowest BCUT2D eigenvalue weighted by Gasteiger charge is -2.31. The summed E-state index contributed by atoms with van der Waals surface area (Å²) in [5.74, 6) is -0.118. The minimum absolute atomic E-state index is 0.118. The molecular formula is C19H23N5O2. The van der Waals surface area contributed by atoms with Crippen molar-refractivity contribution >= 4 is 11.9 Å². The predicted molar refractivity (Wildman–Crippen MR) is 97.0 cm³/mol. The summed E-state index contributed by atoms with van der Waals surface area (Å²) in [4.78, 5) is 26.9. The smallest absolute Gasteiger partial charge is 0.323 e. The second-order valence-corrected chi connectivity index (χ2v) is 7.12. The van der Waals surface area contributed by atoms with Crippen LogP contribution < -0.4 is 10.6 Å². The van der Waals surface area contributed by atoms with E-state index in [2.05, 4.69) is 15.7 Å². The molecule has 1 aromatic carbocycles. The van der Waals surface area contributed by atoms with E-state index in [0.717, 1.165) is 35.7 Å². The standard InChI is InChI=1S/C19H23N5O2/c1-13-11-14(2)24(22-13)16-6-4-3-5-15(16)12-23-17(25)19(21-18(23)26)7-9-20-10-8-19/h3-6,11,20H,7-10,12H2,1-2H3,(H,21,26). The van der Waals surface area contributed by atoms with Crippen LogP contribution >= 0.6 is 0 Å². The Hall–Kier alpha value is -2.67. The highest BCUT2D eigenvalue weighted by Crippen LogP contribution is 2.29. The van der Waals surface area contributed by atoms with Crippen LogP contribution in [0.3, 0.4) is 0 Å². The quantitative estimate of drug-likeness (QED) is 0.823. The van der Waals surface area contributed by atoms with Crippen LogP contribution in [0.4, 0.5) is 4.79 Å². The molecule has 2 fully saturated rings. The number of rotatable bonds is 3. The Labute approximate surface area is 152 Å². The summed E-state index contributed by atoms with van der Waals surface area (Å²) < 4.78 is 1.86. The molecule has 7 nitrogen and oxygen atoms in total. The van der Waals surface area contributed by atoms with Crippen molar-refractivity contribution in [2.24, 2.45) is 0 Å². The van der Waals surface area contributed by atoms with Gasteiger partial charge in [-0.2, -0.15) is 5.10 Å². The molecule has 0 atom stereocenters. The molecule has 136 valence electrons. The number of aryl methyl sites for hydroxylation is 2. The second-order valence-electron chi connectivity index (χ2n) is 7.12. The van der Waals surface area contributed by atoms with E-state index in [1.54, 1.807) is 0 Å². The third kappa shape index (κ3) is 2.68. The zero-order valence-electron chi connectivity index (χ0n) is 15.1. The molecule has 0 unspecified atom stereocenters. The number of carbonyl (C=O) groups is 2. The maximum atomic E-state index is 13.0. The number of piperidine rings is 1. The molecule has 2 N–H and O–H groups in total. The fourth-order valence-corrected chi connectivity index (χ4v) is 3.91. The average molecular weight is 353 g/mol. The summed E-state index contributed by atoms with van der Waals surface area (Å²) in [6, 6.07) is 9.47. The third-order valence-corrected chi connectivity index (χ3v) is 5.26. The Morgan fingerprint density at radius 2 is 1.88 bits per heavy atom. The van der Waals surface area contributed by atoms with Gasteiger partial charge in [-0.25, -0.2) is 9.48 Å². The van der Waals surface area contributed by atoms with E-state index in [4.69, 9.17) is 0 Å². The van der Waals surface area contributed by atoms with Gasteiger partial charge in [0.25, 0.3) is 5.91 Å². The number of amides is 3. The van der Waals surface area contributed by atoms with Crippen molar-refractivity contribution in [2.45, 2.75) is 38.8 Å². The van der Waals surface area contributed by atoms with Gasteiger partial charge in [0.2, 0.25) is 0 Å². The van der Waals surface area contributed by atoms with Crippen LogP contribution in [0.5, 0.6) is 0 Å². The van der Waals surface area contributed by atoms with E-state index in [1.165, 1.54) is 4.90 Å². The molecule has 2 saturated heterocycles. The number of nitrogens with zero attached hydrogens (tertiary/aromatic N) is 3. The van der Waals surface area contributed by atoms with Crippen LogP contribution in [0.1, 0.15) is 29.8 Å². The van der Waals surface area contributed by atoms with E-state index in [9.17, 15) is 9.59 Å². The highest BCUT2D eigenvalue weighted by molar-refractivity contribution is 6.07. The fraction of sp³-hybridized carbons (Fsp3) is 0.421. The summed E-state index contributed by atoms with van der Waals surface area (Å²) >= 11 is 0. The summed E-state index contributed by atoms with van der Waals surface area (Å²) in [5.41, 5.74) is 3.00. The molecule has 3 heterocycles. The van der Waals surface area contributed by atoms with Crippen molar-refractivity contribution in [1.29, 1.82) is 0 Å². The molecule has 4 rings (SSSR count). The summed E-state index contributed by atoms with van der Waals surface area (Å²) in [5, 5.41) is 10.7. The number of hydrogen-bond acceptors (Lipinski definition) is 4. The van der Waals surface area contributed by atoms with Crippen molar-refractivity contribution in [3.8, 4) is 5.69 Å². The molecule has 26 heavy (non-hydrogen) atoms. The number of imide groups is 1. The first-order valence-corrected chi connectivity index (χ1v) is 8.96. The number of benzene rings is 1. The zero-order chi connectivity index (χ0) is 18.3. The average Bonchev–Trinajstić information content (AvgIpc) is 3.07. The molecule has 2 aromatic rings. The Morgan fingerprint density at radius 1 is 1.15 bits per heavy atom. The van der Waals surface area contributed by atoms with Gasteiger partial charge in [0, 0.05) is 5.69 Å². The highest BCUT2D eigenvalue weighted by Gasteiger charge is 2.51. The Balaban J connectivity index is 1.65. The lowest BCUT2D eigenvalue weighted by atomic mass is 9.88. The molecule has 1 aromatic heterocycles. The fourth-order valence-electron chi connectivity index (χ4n) is 3.91. The van der Waals surface area contributed by atoms with Gasteiger partial charge in [-0.15, -0.1) is 0 Å². The minimum atomic E-state index is -0.741. The maximum Gasteiger partial charge on any atom is 0.325 e. The van der Waals surface area contributed by atoms with E-state index in [1.807, 2.05) is 48.9 Å². The minimum Gasteiger partial charge on any atom is -0.323 e. The lowest BCUT2D eigenvalue weighted by molar-refractivity contribution is -0.132. The van der Waals surface area contributed by atoms with Crippen molar-refractivity contribution in [3.63, 3.8) is 0 Å². The van der Waals surface area contributed by atoms with Gasteiger partial charge < -0.3 is 10.6 Å². The van der Waals surface area contributed by atoms with Crippen LogP contribution in [0.2, 0.25) is 0 Å². The summed E-state index contributed by atoms with van der Waals surface area (Å²) in [6.07, 6.45) is 1.26.